The smallest absolute Gasteiger partial charge is 0.308 e. The van der Waals surface area contributed by atoms with E-state index in [4.69, 9.17) is 13.7 Å². The summed E-state index contributed by atoms with van der Waals surface area (Å²) in [5, 5.41) is 0.925. The Bertz CT molecular complexity index is 979. The van der Waals surface area contributed by atoms with Crippen LogP contribution in [0.15, 0.2) is 53.9 Å². The van der Waals surface area contributed by atoms with Crippen LogP contribution in [0.2, 0.25) is 0 Å². The fourth-order valence-corrected chi connectivity index (χ4v) is 3.15. The SMILES string of the molecule is CC(=O)Oc1ccc(/C=C/S(=O)(=O)OCCCc2ccccc2)cc1OC(C)=O. The van der Waals surface area contributed by atoms with Crippen LogP contribution in [0, 0.1) is 0 Å². The van der Waals surface area contributed by atoms with Crippen LogP contribution in [0.5, 0.6) is 11.5 Å². The summed E-state index contributed by atoms with van der Waals surface area (Å²) in [4.78, 5) is 22.4. The molecule has 0 aromatic heterocycles. The van der Waals surface area contributed by atoms with Crippen molar-refractivity contribution in [2.45, 2.75) is 26.7 Å². The van der Waals surface area contributed by atoms with Gasteiger partial charge in [0.25, 0.3) is 10.1 Å². The Balaban J connectivity index is 1.99. The Morgan fingerprint density at radius 2 is 1.59 bits per heavy atom. The van der Waals surface area contributed by atoms with Crippen LogP contribution < -0.4 is 9.47 Å². The van der Waals surface area contributed by atoms with Crippen LogP contribution in [-0.4, -0.2) is 27.0 Å². The van der Waals surface area contributed by atoms with Gasteiger partial charge in [-0.3, -0.25) is 13.8 Å². The van der Waals surface area contributed by atoms with Gasteiger partial charge in [0, 0.05) is 13.8 Å². The fraction of sp³-hybridized carbons (Fsp3) is 0.238. The van der Waals surface area contributed by atoms with Crippen molar-refractivity contribution in [3.8, 4) is 11.5 Å². The molecule has 0 aliphatic heterocycles. The first kappa shape index (κ1) is 22.3. The van der Waals surface area contributed by atoms with Crippen molar-refractivity contribution >= 4 is 28.1 Å². The van der Waals surface area contributed by atoms with Crippen LogP contribution in [0.4, 0.5) is 0 Å². The molecule has 0 unspecified atom stereocenters. The van der Waals surface area contributed by atoms with Gasteiger partial charge in [-0.05, 0) is 42.2 Å². The number of esters is 2. The van der Waals surface area contributed by atoms with Crippen LogP contribution in [0.3, 0.4) is 0 Å². The molecule has 7 nitrogen and oxygen atoms in total. The fourth-order valence-electron chi connectivity index (χ4n) is 2.40. The summed E-state index contributed by atoms with van der Waals surface area (Å²) in [7, 11) is -3.87. The van der Waals surface area contributed by atoms with Crippen LogP contribution in [-0.2, 0) is 30.3 Å². The summed E-state index contributed by atoms with van der Waals surface area (Å²) < 4.78 is 39.0. The summed E-state index contributed by atoms with van der Waals surface area (Å²) in [5.74, 6) is -1.11. The van der Waals surface area contributed by atoms with Crippen molar-refractivity contribution in [2.75, 3.05) is 6.61 Å². The van der Waals surface area contributed by atoms with E-state index in [1.165, 1.54) is 38.1 Å². The van der Waals surface area contributed by atoms with E-state index in [0.717, 1.165) is 11.0 Å². The number of carbonyl (C=O) groups is 2. The molecule has 0 aliphatic rings. The van der Waals surface area contributed by atoms with Crippen molar-refractivity contribution in [3.05, 3.63) is 65.1 Å². The van der Waals surface area contributed by atoms with Gasteiger partial charge >= 0.3 is 11.9 Å². The minimum Gasteiger partial charge on any atom is -0.423 e. The minimum atomic E-state index is -3.87. The lowest BCUT2D eigenvalue weighted by Gasteiger charge is -2.09. The van der Waals surface area contributed by atoms with E-state index in [0.29, 0.717) is 18.4 Å². The largest absolute Gasteiger partial charge is 0.423 e. The predicted octanol–water partition coefficient (Wildman–Crippen LogP) is 3.49. The van der Waals surface area contributed by atoms with Gasteiger partial charge in [-0.2, -0.15) is 8.42 Å². The highest BCUT2D eigenvalue weighted by atomic mass is 32.2. The number of hydrogen-bond donors (Lipinski definition) is 0. The number of aryl methyl sites for hydroxylation is 1. The van der Waals surface area contributed by atoms with Crippen LogP contribution in [0.1, 0.15) is 31.4 Å². The number of rotatable bonds is 9. The molecule has 154 valence electrons. The van der Waals surface area contributed by atoms with Gasteiger partial charge in [-0.25, -0.2) is 0 Å². The maximum Gasteiger partial charge on any atom is 0.308 e. The van der Waals surface area contributed by atoms with E-state index in [9.17, 15) is 18.0 Å². The topological polar surface area (TPSA) is 96.0 Å². The highest BCUT2D eigenvalue weighted by Gasteiger charge is 2.11. The Morgan fingerprint density at radius 1 is 0.931 bits per heavy atom. The molecule has 0 heterocycles. The molecule has 0 atom stereocenters. The second-order valence-electron chi connectivity index (χ2n) is 6.10. The molecule has 0 spiro atoms. The van der Waals surface area contributed by atoms with Gasteiger partial charge in [0.1, 0.15) is 0 Å². The molecule has 0 radical (unpaired) electrons. The summed E-state index contributed by atoms with van der Waals surface area (Å²) >= 11 is 0. The van der Waals surface area contributed by atoms with E-state index in [1.54, 1.807) is 0 Å². The Kier molecular flexibility index (Phi) is 8.11. The number of hydrogen-bond acceptors (Lipinski definition) is 7. The van der Waals surface area contributed by atoms with Gasteiger partial charge in [-0.1, -0.05) is 36.4 Å². The van der Waals surface area contributed by atoms with Gasteiger partial charge in [0.05, 0.1) is 12.0 Å². The number of carbonyl (C=O) groups excluding carboxylic acids is 2. The molecule has 0 saturated carbocycles. The normalized spacial score (nSPS) is 11.4. The van der Waals surface area contributed by atoms with Crippen molar-refractivity contribution in [3.63, 3.8) is 0 Å². The third-order valence-corrected chi connectivity index (χ3v) is 4.57. The Morgan fingerprint density at radius 3 is 2.24 bits per heavy atom. The summed E-state index contributed by atoms with van der Waals surface area (Å²) in [6.45, 7) is 2.48. The highest BCUT2D eigenvalue weighted by molar-refractivity contribution is 7.89. The number of benzene rings is 2. The molecule has 8 heteroatoms. The molecular weight excluding hydrogens is 396 g/mol. The number of ether oxygens (including phenoxy) is 2. The molecule has 2 rings (SSSR count). The first-order chi connectivity index (χ1) is 13.7. The van der Waals surface area contributed by atoms with E-state index < -0.39 is 22.1 Å². The third-order valence-electron chi connectivity index (χ3n) is 3.60. The van der Waals surface area contributed by atoms with Gasteiger partial charge in [0.15, 0.2) is 11.5 Å². The lowest BCUT2D eigenvalue weighted by molar-refractivity contribution is -0.134. The first-order valence-corrected chi connectivity index (χ1v) is 10.3. The second kappa shape index (κ2) is 10.5. The summed E-state index contributed by atoms with van der Waals surface area (Å²) in [6.07, 6.45) is 2.57. The standard InChI is InChI=1S/C21H22O7S/c1-16(22)27-20-11-10-19(15-21(20)28-17(2)23)12-14-29(24,25)26-13-6-9-18-7-4-3-5-8-18/h3-5,7-8,10-12,14-15H,6,9,13H2,1-2H3/b14-12+. The lowest BCUT2D eigenvalue weighted by atomic mass is 10.1. The molecule has 0 saturated heterocycles. The van der Waals surface area contributed by atoms with Crippen molar-refractivity contribution < 1.29 is 31.7 Å². The molecule has 0 fully saturated rings. The summed E-state index contributed by atoms with van der Waals surface area (Å²) in [5.41, 5.74) is 1.53. The summed E-state index contributed by atoms with van der Waals surface area (Å²) in [6, 6.07) is 14.0. The zero-order chi connectivity index (χ0) is 21.3. The van der Waals surface area contributed by atoms with Gasteiger partial charge < -0.3 is 9.47 Å². The maximum atomic E-state index is 12.0. The van der Waals surface area contributed by atoms with Crippen LogP contribution in [0.25, 0.3) is 6.08 Å². The van der Waals surface area contributed by atoms with Crippen molar-refractivity contribution in [1.29, 1.82) is 0 Å². The third kappa shape index (κ3) is 8.28. The highest BCUT2D eigenvalue weighted by Crippen LogP contribution is 2.29. The van der Waals surface area contributed by atoms with Gasteiger partial charge in [0.2, 0.25) is 0 Å². The quantitative estimate of drug-likeness (QED) is 0.266. The molecule has 0 aliphatic carbocycles. The minimum absolute atomic E-state index is 0.0102. The monoisotopic (exact) mass is 418 g/mol. The van der Waals surface area contributed by atoms with Crippen molar-refractivity contribution in [2.24, 2.45) is 0 Å². The Labute approximate surface area is 170 Å². The zero-order valence-electron chi connectivity index (χ0n) is 16.2. The molecular formula is C21H22O7S. The second-order valence-corrected chi connectivity index (χ2v) is 7.59. The van der Waals surface area contributed by atoms with Crippen molar-refractivity contribution in [1.82, 2.24) is 0 Å². The maximum absolute atomic E-state index is 12.0. The zero-order valence-corrected chi connectivity index (χ0v) is 17.0. The van der Waals surface area contributed by atoms with Gasteiger partial charge in [-0.15, -0.1) is 0 Å². The molecule has 2 aromatic rings. The van der Waals surface area contributed by atoms with E-state index in [2.05, 4.69) is 0 Å². The molecule has 2 aromatic carbocycles. The van der Waals surface area contributed by atoms with E-state index >= 15 is 0 Å². The lowest BCUT2D eigenvalue weighted by Crippen LogP contribution is -2.07. The molecule has 0 bridgehead atoms. The molecule has 0 N–H and O–H groups in total. The predicted molar refractivity (Wildman–Crippen MR) is 108 cm³/mol. The van der Waals surface area contributed by atoms with Crippen LogP contribution >= 0.6 is 0 Å². The average molecular weight is 418 g/mol. The Hall–Kier alpha value is -2.97. The average Bonchev–Trinajstić information content (AvgIpc) is 2.65. The molecule has 0 amide bonds. The van der Waals surface area contributed by atoms with E-state index in [-0.39, 0.29) is 18.1 Å². The first-order valence-electron chi connectivity index (χ1n) is 8.87. The van der Waals surface area contributed by atoms with E-state index in [1.807, 2.05) is 30.3 Å². The molecule has 29 heavy (non-hydrogen) atoms.